The molecule has 0 fully saturated rings. The summed E-state index contributed by atoms with van der Waals surface area (Å²) >= 11 is 1.09. The van der Waals surface area contributed by atoms with Gasteiger partial charge in [0.1, 0.15) is 0 Å². The molecule has 0 saturated heterocycles. The van der Waals surface area contributed by atoms with E-state index < -0.39 is 17.5 Å². The molecule has 0 bridgehead atoms. The predicted octanol–water partition coefficient (Wildman–Crippen LogP) is 4.24. The third-order valence-corrected chi connectivity index (χ3v) is 5.89. The number of rotatable bonds is 7. The number of carbonyl (C=O) groups excluding carboxylic acids is 2. The number of aryl methyl sites for hydroxylation is 2. The van der Waals surface area contributed by atoms with E-state index in [2.05, 4.69) is 19.9 Å². The average Bonchev–Trinajstić information content (AvgIpc) is 3.29. The van der Waals surface area contributed by atoms with Gasteiger partial charge in [-0.05, 0) is 81.0 Å². The quantitative estimate of drug-likeness (QED) is 0.597. The lowest BCUT2D eigenvalue weighted by Crippen LogP contribution is -2.50. The number of carbonyl (C=O) groups is 2. The first-order chi connectivity index (χ1) is 14.7. The summed E-state index contributed by atoms with van der Waals surface area (Å²) in [6.07, 6.45) is 2.36. The third-order valence-electron chi connectivity index (χ3n) is 5.39. The first-order valence-electron chi connectivity index (χ1n) is 10.1. The number of aromatic nitrogens is 3. The van der Waals surface area contributed by atoms with Gasteiger partial charge in [-0.25, -0.2) is 0 Å². The highest BCUT2D eigenvalue weighted by molar-refractivity contribution is 7.03. The number of amides is 2. The Hall–Kier alpha value is -3.13. The number of nitrogens with one attached hydrogen (secondary N) is 1. The summed E-state index contributed by atoms with van der Waals surface area (Å²) < 4.78 is 3.83. The van der Waals surface area contributed by atoms with Gasteiger partial charge in [-0.2, -0.15) is 0 Å². The van der Waals surface area contributed by atoms with E-state index in [9.17, 15) is 9.59 Å². The Morgan fingerprint density at radius 2 is 1.94 bits per heavy atom. The molecule has 0 unspecified atom stereocenters. The second kappa shape index (κ2) is 9.34. The van der Waals surface area contributed by atoms with Crippen molar-refractivity contribution in [3.8, 4) is 0 Å². The van der Waals surface area contributed by atoms with Crippen molar-refractivity contribution in [3.05, 3.63) is 70.5 Å². The largest absolute Gasteiger partial charge is 0.349 e. The van der Waals surface area contributed by atoms with Gasteiger partial charge in [0, 0.05) is 22.8 Å². The SMILES string of the molecule is CCC(C)(C)NC(=O)[C@H](c1ccccn1)N(C(=O)c1csnn1)c1ccc(C)c(C)c1. The second-order valence-electron chi connectivity index (χ2n) is 8.12. The molecule has 8 heteroatoms. The lowest BCUT2D eigenvalue weighted by atomic mass is 9.99. The maximum atomic E-state index is 13.6. The van der Waals surface area contributed by atoms with E-state index in [1.807, 2.05) is 52.8 Å². The fourth-order valence-corrected chi connectivity index (χ4v) is 3.48. The molecule has 3 aromatic rings. The minimum absolute atomic E-state index is 0.187. The molecule has 2 aromatic heterocycles. The fraction of sp³-hybridized carbons (Fsp3) is 0.348. The molecule has 2 amide bonds. The van der Waals surface area contributed by atoms with Crippen LogP contribution in [0.5, 0.6) is 0 Å². The molecule has 3 rings (SSSR count). The molecular formula is C23H27N5O2S. The summed E-state index contributed by atoms with van der Waals surface area (Å²) in [5.41, 5.74) is 2.93. The highest BCUT2D eigenvalue weighted by atomic mass is 32.1. The molecule has 0 saturated carbocycles. The lowest BCUT2D eigenvalue weighted by molar-refractivity contribution is -0.124. The molecule has 2 heterocycles. The summed E-state index contributed by atoms with van der Waals surface area (Å²) in [4.78, 5) is 33.0. The van der Waals surface area contributed by atoms with Gasteiger partial charge in [0.15, 0.2) is 11.7 Å². The Bertz CT molecular complexity index is 1050. The Labute approximate surface area is 186 Å². The number of nitrogens with zero attached hydrogens (tertiary/aromatic N) is 4. The molecule has 162 valence electrons. The first kappa shape index (κ1) is 22.6. The fourth-order valence-electron chi connectivity index (χ4n) is 3.05. The van der Waals surface area contributed by atoms with Crippen LogP contribution in [0.25, 0.3) is 0 Å². The van der Waals surface area contributed by atoms with Crippen molar-refractivity contribution < 1.29 is 9.59 Å². The average molecular weight is 438 g/mol. The minimum atomic E-state index is -0.969. The van der Waals surface area contributed by atoms with Crippen molar-refractivity contribution in [3.63, 3.8) is 0 Å². The summed E-state index contributed by atoms with van der Waals surface area (Å²) in [7, 11) is 0. The van der Waals surface area contributed by atoms with Crippen LogP contribution < -0.4 is 10.2 Å². The molecule has 7 nitrogen and oxygen atoms in total. The smallest absolute Gasteiger partial charge is 0.280 e. The molecule has 0 aliphatic heterocycles. The second-order valence-corrected chi connectivity index (χ2v) is 8.73. The van der Waals surface area contributed by atoms with Gasteiger partial charge in [0.05, 0.1) is 5.69 Å². The molecule has 1 aromatic carbocycles. The maximum Gasteiger partial charge on any atom is 0.280 e. The summed E-state index contributed by atoms with van der Waals surface area (Å²) in [6, 6.07) is 10.1. The zero-order valence-corrected chi connectivity index (χ0v) is 19.2. The third kappa shape index (κ3) is 5.14. The van der Waals surface area contributed by atoms with Crippen molar-refractivity contribution in [2.24, 2.45) is 0 Å². The number of anilines is 1. The van der Waals surface area contributed by atoms with Crippen molar-refractivity contribution in [2.75, 3.05) is 4.90 Å². The Kier molecular flexibility index (Phi) is 6.80. The van der Waals surface area contributed by atoms with Crippen molar-refractivity contribution in [1.82, 2.24) is 19.9 Å². The highest BCUT2D eigenvalue weighted by Gasteiger charge is 2.37. The maximum absolute atomic E-state index is 13.6. The topological polar surface area (TPSA) is 88.1 Å². The van der Waals surface area contributed by atoms with Crippen molar-refractivity contribution >= 4 is 29.0 Å². The molecule has 1 atom stereocenters. The zero-order chi connectivity index (χ0) is 22.6. The van der Waals surface area contributed by atoms with Crippen LogP contribution in [0, 0.1) is 13.8 Å². The molecule has 0 aliphatic rings. The van der Waals surface area contributed by atoms with E-state index >= 15 is 0 Å². The Morgan fingerprint density at radius 1 is 1.16 bits per heavy atom. The monoisotopic (exact) mass is 437 g/mol. The normalized spacial score (nSPS) is 12.3. The van der Waals surface area contributed by atoms with Crippen LogP contribution in [0.2, 0.25) is 0 Å². The molecule has 31 heavy (non-hydrogen) atoms. The van der Waals surface area contributed by atoms with Gasteiger partial charge in [-0.15, -0.1) is 5.10 Å². The van der Waals surface area contributed by atoms with E-state index in [0.717, 1.165) is 29.1 Å². The highest BCUT2D eigenvalue weighted by Crippen LogP contribution is 2.30. The number of pyridine rings is 1. The van der Waals surface area contributed by atoms with Gasteiger partial charge in [-0.1, -0.05) is 23.5 Å². The molecule has 0 radical (unpaired) electrons. The predicted molar refractivity (Wildman–Crippen MR) is 122 cm³/mol. The van der Waals surface area contributed by atoms with Crippen LogP contribution in [0.4, 0.5) is 5.69 Å². The van der Waals surface area contributed by atoms with Crippen LogP contribution >= 0.6 is 11.5 Å². The van der Waals surface area contributed by atoms with E-state index in [1.165, 1.54) is 4.90 Å². The molecule has 0 aliphatic carbocycles. The number of hydrogen-bond acceptors (Lipinski definition) is 6. The van der Waals surface area contributed by atoms with Crippen molar-refractivity contribution in [1.29, 1.82) is 0 Å². The molecule has 1 N–H and O–H groups in total. The standard InChI is InChI=1S/C23H27N5O2S/c1-6-23(4,5)25-21(29)20(18-9-7-8-12-24-18)28(22(30)19-14-31-27-26-19)17-11-10-15(2)16(3)13-17/h7-14,20H,6H2,1-5H3,(H,25,29)/t20-/m0/s1. The summed E-state index contributed by atoms with van der Waals surface area (Å²) in [5, 5.41) is 8.61. The van der Waals surface area contributed by atoms with Gasteiger partial charge >= 0.3 is 0 Å². The minimum Gasteiger partial charge on any atom is -0.349 e. The van der Waals surface area contributed by atoms with Gasteiger partial charge in [0.25, 0.3) is 5.91 Å². The summed E-state index contributed by atoms with van der Waals surface area (Å²) in [5.74, 6) is -0.711. The van der Waals surface area contributed by atoms with Gasteiger partial charge < -0.3 is 5.32 Å². The van der Waals surface area contributed by atoms with Crippen LogP contribution in [0.1, 0.15) is 60.5 Å². The number of hydrogen-bond donors (Lipinski definition) is 1. The van der Waals surface area contributed by atoms with Crippen LogP contribution in [0.15, 0.2) is 48.0 Å². The van der Waals surface area contributed by atoms with E-state index in [-0.39, 0.29) is 11.6 Å². The van der Waals surface area contributed by atoms with Gasteiger partial charge in [-0.3, -0.25) is 19.5 Å². The van der Waals surface area contributed by atoms with E-state index in [0.29, 0.717) is 11.4 Å². The molecular weight excluding hydrogens is 410 g/mol. The molecule has 0 spiro atoms. The van der Waals surface area contributed by atoms with Crippen LogP contribution in [-0.2, 0) is 4.79 Å². The lowest BCUT2D eigenvalue weighted by Gasteiger charge is -2.34. The van der Waals surface area contributed by atoms with Crippen LogP contribution in [0.3, 0.4) is 0 Å². The Morgan fingerprint density at radius 3 is 2.52 bits per heavy atom. The first-order valence-corrected chi connectivity index (χ1v) is 11.0. The Balaban J connectivity index is 2.17. The van der Waals surface area contributed by atoms with E-state index in [4.69, 9.17) is 0 Å². The van der Waals surface area contributed by atoms with E-state index in [1.54, 1.807) is 29.8 Å². The van der Waals surface area contributed by atoms with Gasteiger partial charge in [0.2, 0.25) is 5.91 Å². The number of benzene rings is 1. The summed E-state index contributed by atoms with van der Waals surface area (Å²) in [6.45, 7) is 9.88. The zero-order valence-electron chi connectivity index (χ0n) is 18.4. The van der Waals surface area contributed by atoms with Crippen molar-refractivity contribution in [2.45, 2.75) is 52.6 Å². The van der Waals surface area contributed by atoms with Crippen LogP contribution in [-0.4, -0.2) is 31.9 Å².